The van der Waals surface area contributed by atoms with Crippen LogP contribution in [-0.2, 0) is 6.42 Å². The van der Waals surface area contributed by atoms with Gasteiger partial charge in [-0.15, -0.1) is 0 Å². The number of ether oxygens (including phenoxy) is 1. The normalized spacial score (nSPS) is 15.3. The highest BCUT2D eigenvalue weighted by atomic mass is 16.5. The second-order valence-electron chi connectivity index (χ2n) is 3.80. The molecule has 1 aromatic heterocycles. The first-order valence-corrected chi connectivity index (χ1v) is 5.52. The molecule has 0 amide bonds. The van der Waals surface area contributed by atoms with Crippen molar-refractivity contribution in [1.29, 1.82) is 0 Å². The average molecular weight is 208 g/mol. The van der Waals surface area contributed by atoms with Gasteiger partial charge in [0.15, 0.2) is 0 Å². The molecule has 1 fully saturated rings. The van der Waals surface area contributed by atoms with Gasteiger partial charge in [0.25, 0.3) is 5.56 Å². The molecular weight excluding hydrogens is 192 g/mol. The fourth-order valence-corrected chi connectivity index (χ4v) is 1.61. The lowest BCUT2D eigenvalue weighted by molar-refractivity contribution is 0.320. The van der Waals surface area contributed by atoms with E-state index < -0.39 is 0 Å². The van der Waals surface area contributed by atoms with E-state index in [9.17, 15) is 4.79 Å². The Balaban J connectivity index is 2.42. The van der Waals surface area contributed by atoms with E-state index in [4.69, 9.17) is 4.74 Å². The van der Waals surface area contributed by atoms with E-state index in [1.165, 1.54) is 0 Å². The van der Waals surface area contributed by atoms with Gasteiger partial charge in [-0.2, -0.15) is 4.98 Å². The summed E-state index contributed by atoms with van der Waals surface area (Å²) in [5.74, 6) is 1.76. The number of aromatic nitrogens is 2. The summed E-state index contributed by atoms with van der Waals surface area (Å²) in [6, 6.07) is 0. The summed E-state index contributed by atoms with van der Waals surface area (Å²) in [4.78, 5) is 18.9. The number of hydrogen-bond acceptors (Lipinski definition) is 3. The maximum absolute atomic E-state index is 11.7. The summed E-state index contributed by atoms with van der Waals surface area (Å²) in [7, 11) is 0. The third kappa shape index (κ3) is 2.03. The van der Waals surface area contributed by atoms with Gasteiger partial charge in [-0.25, -0.2) is 0 Å². The van der Waals surface area contributed by atoms with Crippen LogP contribution in [-0.4, -0.2) is 16.6 Å². The van der Waals surface area contributed by atoms with Crippen molar-refractivity contribution in [2.24, 2.45) is 0 Å². The first kappa shape index (κ1) is 10.2. The second-order valence-corrected chi connectivity index (χ2v) is 3.80. The van der Waals surface area contributed by atoms with Crippen molar-refractivity contribution < 1.29 is 4.74 Å². The van der Waals surface area contributed by atoms with Crippen LogP contribution in [0.4, 0.5) is 0 Å². The molecule has 4 nitrogen and oxygen atoms in total. The Hall–Kier alpha value is -1.32. The lowest BCUT2D eigenvalue weighted by atomic mass is 10.2. The fourth-order valence-electron chi connectivity index (χ4n) is 1.61. The molecule has 0 spiro atoms. The maximum Gasteiger partial charge on any atom is 0.257 e. The van der Waals surface area contributed by atoms with E-state index >= 15 is 0 Å². The molecular formula is C11H16N2O2. The minimum atomic E-state index is -0.0437. The van der Waals surface area contributed by atoms with Gasteiger partial charge < -0.3 is 9.72 Å². The Bertz CT molecular complexity index is 408. The first-order chi connectivity index (χ1) is 7.26. The van der Waals surface area contributed by atoms with E-state index in [1.54, 1.807) is 0 Å². The van der Waals surface area contributed by atoms with Crippen LogP contribution < -0.4 is 10.3 Å². The first-order valence-electron chi connectivity index (χ1n) is 5.52. The fraction of sp³-hybridized carbons (Fsp3) is 0.636. The molecule has 1 aromatic rings. The Labute approximate surface area is 88.7 Å². The van der Waals surface area contributed by atoms with Crippen molar-refractivity contribution >= 4 is 0 Å². The largest absolute Gasteiger partial charge is 0.478 e. The minimum Gasteiger partial charge on any atom is -0.478 e. The van der Waals surface area contributed by atoms with Crippen LogP contribution in [0.2, 0.25) is 0 Å². The van der Waals surface area contributed by atoms with Gasteiger partial charge in [0, 0.05) is 5.92 Å². The summed E-state index contributed by atoms with van der Waals surface area (Å²) in [5, 5.41) is 0. The summed E-state index contributed by atoms with van der Waals surface area (Å²) in [6.45, 7) is 4.39. The molecule has 0 aromatic carbocycles. The molecule has 2 rings (SSSR count). The van der Waals surface area contributed by atoms with E-state index in [0.29, 0.717) is 30.4 Å². The molecule has 1 saturated carbocycles. The lowest BCUT2D eigenvalue weighted by Gasteiger charge is -2.08. The smallest absolute Gasteiger partial charge is 0.257 e. The van der Waals surface area contributed by atoms with Gasteiger partial charge in [-0.05, 0) is 26.2 Å². The molecule has 1 heterocycles. The minimum absolute atomic E-state index is 0.0437. The molecule has 0 bridgehead atoms. The van der Waals surface area contributed by atoms with Gasteiger partial charge in [-0.3, -0.25) is 4.79 Å². The quantitative estimate of drug-likeness (QED) is 0.817. The molecule has 0 saturated heterocycles. The van der Waals surface area contributed by atoms with Gasteiger partial charge >= 0.3 is 0 Å². The van der Waals surface area contributed by atoms with Crippen LogP contribution in [0.25, 0.3) is 0 Å². The highest BCUT2D eigenvalue weighted by Crippen LogP contribution is 2.38. The SMILES string of the molecule is CCOc1nc(C2CC2)[nH]c(=O)c1CC. The number of aromatic amines is 1. The number of rotatable bonds is 4. The Morgan fingerprint density at radius 1 is 1.47 bits per heavy atom. The zero-order valence-corrected chi connectivity index (χ0v) is 9.17. The van der Waals surface area contributed by atoms with Crippen molar-refractivity contribution in [3.05, 3.63) is 21.7 Å². The molecule has 15 heavy (non-hydrogen) atoms. The molecule has 1 N–H and O–H groups in total. The summed E-state index contributed by atoms with van der Waals surface area (Å²) < 4.78 is 5.40. The molecule has 0 radical (unpaired) electrons. The van der Waals surface area contributed by atoms with Gasteiger partial charge in [0.05, 0.1) is 12.2 Å². The Kier molecular flexibility index (Phi) is 2.75. The third-order valence-corrected chi connectivity index (χ3v) is 2.59. The van der Waals surface area contributed by atoms with E-state index in [0.717, 1.165) is 18.7 Å². The molecule has 1 aliphatic carbocycles. The van der Waals surface area contributed by atoms with Crippen LogP contribution in [0, 0.1) is 0 Å². The monoisotopic (exact) mass is 208 g/mol. The number of nitrogens with zero attached hydrogens (tertiary/aromatic N) is 1. The zero-order chi connectivity index (χ0) is 10.8. The number of nitrogens with one attached hydrogen (secondary N) is 1. The van der Waals surface area contributed by atoms with Crippen LogP contribution in [0.3, 0.4) is 0 Å². The molecule has 0 atom stereocenters. The van der Waals surface area contributed by atoms with Crippen molar-refractivity contribution in [3.63, 3.8) is 0 Å². The maximum atomic E-state index is 11.7. The van der Waals surface area contributed by atoms with Crippen molar-refractivity contribution in [3.8, 4) is 5.88 Å². The van der Waals surface area contributed by atoms with E-state index in [1.807, 2.05) is 13.8 Å². The van der Waals surface area contributed by atoms with Crippen LogP contribution in [0.15, 0.2) is 4.79 Å². The number of H-pyrrole nitrogens is 1. The molecule has 82 valence electrons. The van der Waals surface area contributed by atoms with Crippen LogP contribution in [0.1, 0.15) is 44.0 Å². The van der Waals surface area contributed by atoms with E-state index in [2.05, 4.69) is 9.97 Å². The average Bonchev–Trinajstić information content (AvgIpc) is 3.01. The molecule has 4 heteroatoms. The van der Waals surface area contributed by atoms with Crippen molar-refractivity contribution in [2.45, 2.75) is 39.0 Å². The highest BCUT2D eigenvalue weighted by molar-refractivity contribution is 5.25. The predicted molar refractivity (Wildman–Crippen MR) is 57.4 cm³/mol. The Morgan fingerprint density at radius 3 is 2.73 bits per heavy atom. The molecule has 1 aliphatic rings. The highest BCUT2D eigenvalue weighted by Gasteiger charge is 2.27. The van der Waals surface area contributed by atoms with Gasteiger partial charge in [0.2, 0.25) is 5.88 Å². The summed E-state index contributed by atoms with van der Waals surface area (Å²) in [6.07, 6.45) is 2.91. The predicted octanol–water partition coefficient (Wildman–Crippen LogP) is 1.61. The topological polar surface area (TPSA) is 55.0 Å². The standard InChI is InChI=1S/C11H16N2O2/c1-3-8-10(14)12-9(7-5-6-7)13-11(8)15-4-2/h7H,3-6H2,1-2H3,(H,12,13,14). The molecule has 0 aliphatic heterocycles. The third-order valence-electron chi connectivity index (χ3n) is 2.59. The summed E-state index contributed by atoms with van der Waals surface area (Å²) in [5.41, 5.74) is 0.610. The molecule has 0 unspecified atom stereocenters. The van der Waals surface area contributed by atoms with Gasteiger partial charge in [-0.1, -0.05) is 6.92 Å². The number of hydrogen-bond donors (Lipinski definition) is 1. The Morgan fingerprint density at radius 2 is 2.20 bits per heavy atom. The second kappa shape index (κ2) is 4.04. The van der Waals surface area contributed by atoms with Crippen LogP contribution in [0.5, 0.6) is 5.88 Å². The van der Waals surface area contributed by atoms with Gasteiger partial charge in [0.1, 0.15) is 5.82 Å². The van der Waals surface area contributed by atoms with E-state index in [-0.39, 0.29) is 5.56 Å². The van der Waals surface area contributed by atoms with Crippen LogP contribution >= 0.6 is 0 Å². The zero-order valence-electron chi connectivity index (χ0n) is 9.17. The lowest BCUT2D eigenvalue weighted by Crippen LogP contribution is -2.18. The summed E-state index contributed by atoms with van der Waals surface area (Å²) >= 11 is 0. The van der Waals surface area contributed by atoms with Crippen molar-refractivity contribution in [2.75, 3.05) is 6.61 Å². The van der Waals surface area contributed by atoms with Crippen molar-refractivity contribution in [1.82, 2.24) is 9.97 Å².